The van der Waals surface area contributed by atoms with Crippen LogP contribution in [0.25, 0.3) is 0 Å². The van der Waals surface area contributed by atoms with Crippen LogP contribution in [0, 0.1) is 5.92 Å². The van der Waals surface area contributed by atoms with Crippen LogP contribution in [-0.2, 0) is 15.8 Å². The topological polar surface area (TPSA) is 38.7 Å². The summed E-state index contributed by atoms with van der Waals surface area (Å²) in [7, 11) is -1.69. The second-order valence-electron chi connectivity index (χ2n) is 7.94. The third kappa shape index (κ3) is 7.17. The molecule has 0 saturated heterocycles. The Labute approximate surface area is 143 Å². The molecule has 0 aliphatic carbocycles. The summed E-state index contributed by atoms with van der Waals surface area (Å²) in [6.45, 7) is 15.0. The monoisotopic (exact) mass is 338 g/mol. The minimum absolute atomic E-state index is 0.176. The van der Waals surface area contributed by atoms with Crippen molar-refractivity contribution in [1.29, 1.82) is 0 Å². The summed E-state index contributed by atoms with van der Waals surface area (Å²) in [4.78, 5) is 0. The van der Waals surface area contributed by atoms with E-state index in [2.05, 4.69) is 40.8 Å². The zero-order chi connectivity index (χ0) is 17.5. The molecule has 1 aromatic rings. The van der Waals surface area contributed by atoms with Crippen LogP contribution in [0.2, 0.25) is 18.1 Å². The van der Waals surface area contributed by atoms with Crippen molar-refractivity contribution in [3.05, 3.63) is 35.9 Å². The first kappa shape index (κ1) is 20.4. The van der Waals surface area contributed by atoms with E-state index in [1.807, 2.05) is 30.3 Å². The molecule has 2 atom stereocenters. The fourth-order valence-corrected chi connectivity index (χ4v) is 3.01. The van der Waals surface area contributed by atoms with Gasteiger partial charge in [-0.3, -0.25) is 0 Å². The molecule has 0 aromatic heterocycles. The van der Waals surface area contributed by atoms with Crippen molar-refractivity contribution in [3.63, 3.8) is 0 Å². The van der Waals surface area contributed by atoms with Gasteiger partial charge in [0, 0.05) is 6.61 Å². The van der Waals surface area contributed by atoms with E-state index in [-0.39, 0.29) is 11.0 Å². The lowest BCUT2D eigenvalue weighted by molar-refractivity contribution is -0.00263. The Morgan fingerprint density at radius 3 is 2.30 bits per heavy atom. The second kappa shape index (κ2) is 8.97. The van der Waals surface area contributed by atoms with E-state index in [4.69, 9.17) is 9.16 Å². The summed E-state index contributed by atoms with van der Waals surface area (Å²) >= 11 is 0. The zero-order valence-corrected chi connectivity index (χ0v) is 16.6. The Morgan fingerprint density at radius 2 is 1.74 bits per heavy atom. The molecule has 4 heteroatoms. The lowest BCUT2D eigenvalue weighted by Gasteiger charge is -2.36. The van der Waals surface area contributed by atoms with Gasteiger partial charge < -0.3 is 14.3 Å². The van der Waals surface area contributed by atoms with Gasteiger partial charge in [-0.1, -0.05) is 58.0 Å². The first-order valence-electron chi connectivity index (χ1n) is 8.57. The molecule has 23 heavy (non-hydrogen) atoms. The molecule has 132 valence electrons. The smallest absolute Gasteiger partial charge is 0.191 e. The van der Waals surface area contributed by atoms with Gasteiger partial charge in [0.25, 0.3) is 0 Å². The highest BCUT2D eigenvalue weighted by Crippen LogP contribution is 2.36. The minimum atomic E-state index is -1.69. The number of rotatable bonds is 9. The molecule has 0 fully saturated rings. The molecule has 1 rings (SSSR count). The number of ether oxygens (including phenoxy) is 1. The summed E-state index contributed by atoms with van der Waals surface area (Å²) in [5.74, 6) is 0.176. The number of hydrogen-bond donors (Lipinski definition) is 1. The van der Waals surface area contributed by atoms with Gasteiger partial charge in [-0.2, -0.15) is 0 Å². The molecule has 0 spiro atoms. The molecule has 0 aliphatic rings. The molecular formula is C19H34O3Si. The SMILES string of the molecule is C[C@H](CCO[Si](C)(C)C(C)(C)C)[C@H](O)COCc1ccccc1. The first-order valence-corrected chi connectivity index (χ1v) is 11.5. The number of hydrogen-bond acceptors (Lipinski definition) is 3. The fraction of sp³-hybridized carbons (Fsp3) is 0.684. The van der Waals surface area contributed by atoms with Crippen LogP contribution >= 0.6 is 0 Å². The highest BCUT2D eigenvalue weighted by atomic mass is 28.4. The summed E-state index contributed by atoms with van der Waals surface area (Å²) < 4.78 is 11.8. The molecule has 0 saturated carbocycles. The molecular weight excluding hydrogens is 304 g/mol. The lowest BCUT2D eigenvalue weighted by Crippen LogP contribution is -2.41. The van der Waals surface area contributed by atoms with E-state index in [0.29, 0.717) is 19.8 Å². The third-order valence-electron chi connectivity index (χ3n) is 4.90. The van der Waals surface area contributed by atoms with Gasteiger partial charge in [0.2, 0.25) is 0 Å². The maximum Gasteiger partial charge on any atom is 0.191 e. The summed E-state index contributed by atoms with van der Waals surface area (Å²) in [6.07, 6.45) is 0.421. The Bertz CT molecular complexity index is 440. The maximum absolute atomic E-state index is 10.2. The van der Waals surface area contributed by atoms with E-state index in [0.717, 1.165) is 12.0 Å². The van der Waals surface area contributed by atoms with Crippen molar-refractivity contribution in [3.8, 4) is 0 Å². The van der Waals surface area contributed by atoms with E-state index in [1.54, 1.807) is 0 Å². The predicted molar refractivity (Wildman–Crippen MR) is 99.0 cm³/mol. The molecule has 0 aliphatic heterocycles. The summed E-state index contributed by atoms with van der Waals surface area (Å²) in [5, 5.41) is 10.4. The van der Waals surface area contributed by atoms with Crippen LogP contribution in [0.1, 0.15) is 39.7 Å². The van der Waals surface area contributed by atoms with E-state index < -0.39 is 14.4 Å². The van der Waals surface area contributed by atoms with E-state index in [1.165, 1.54) is 0 Å². The quantitative estimate of drug-likeness (QED) is 0.668. The van der Waals surface area contributed by atoms with Gasteiger partial charge in [0.1, 0.15) is 0 Å². The van der Waals surface area contributed by atoms with Crippen LogP contribution in [0.4, 0.5) is 0 Å². The molecule has 0 amide bonds. The highest BCUT2D eigenvalue weighted by Gasteiger charge is 2.37. The molecule has 0 unspecified atom stereocenters. The Balaban J connectivity index is 2.25. The first-order chi connectivity index (χ1) is 10.6. The van der Waals surface area contributed by atoms with Gasteiger partial charge >= 0.3 is 0 Å². The highest BCUT2D eigenvalue weighted by molar-refractivity contribution is 6.74. The lowest BCUT2D eigenvalue weighted by atomic mass is 10.0. The van der Waals surface area contributed by atoms with Crippen molar-refractivity contribution in [1.82, 2.24) is 0 Å². The standard InChI is InChI=1S/C19H34O3Si/c1-16(12-13-22-23(5,6)19(2,3)4)18(20)15-21-14-17-10-8-7-9-11-17/h7-11,16,18,20H,12-15H2,1-6H3/t16-,18-/m1/s1. The van der Waals surface area contributed by atoms with Crippen LogP contribution < -0.4 is 0 Å². The van der Waals surface area contributed by atoms with Gasteiger partial charge in [-0.15, -0.1) is 0 Å². The second-order valence-corrected chi connectivity index (χ2v) is 12.8. The normalized spacial score (nSPS) is 15.4. The third-order valence-corrected chi connectivity index (χ3v) is 9.44. The predicted octanol–water partition coefficient (Wildman–Crippen LogP) is 4.61. The van der Waals surface area contributed by atoms with Crippen LogP contribution in [-0.4, -0.2) is 32.7 Å². The molecule has 1 N–H and O–H groups in total. The maximum atomic E-state index is 10.2. The summed E-state index contributed by atoms with van der Waals surface area (Å²) in [5.41, 5.74) is 1.13. The van der Waals surface area contributed by atoms with E-state index in [9.17, 15) is 5.11 Å². The zero-order valence-electron chi connectivity index (χ0n) is 15.6. The van der Waals surface area contributed by atoms with Crippen molar-refractivity contribution in [2.45, 2.75) is 65.0 Å². The van der Waals surface area contributed by atoms with Gasteiger partial charge in [0.05, 0.1) is 19.3 Å². The van der Waals surface area contributed by atoms with E-state index >= 15 is 0 Å². The average molecular weight is 339 g/mol. The fourth-order valence-electron chi connectivity index (χ4n) is 1.94. The Hall–Kier alpha value is -0.683. The Morgan fingerprint density at radius 1 is 1.13 bits per heavy atom. The number of aliphatic hydroxyl groups is 1. The van der Waals surface area contributed by atoms with Gasteiger partial charge in [-0.25, -0.2) is 0 Å². The van der Waals surface area contributed by atoms with Crippen LogP contribution in [0.3, 0.4) is 0 Å². The molecule has 0 heterocycles. The van der Waals surface area contributed by atoms with Crippen molar-refractivity contribution in [2.75, 3.05) is 13.2 Å². The molecule has 0 bridgehead atoms. The van der Waals surface area contributed by atoms with Crippen molar-refractivity contribution < 1.29 is 14.3 Å². The molecule has 0 radical (unpaired) electrons. The number of aliphatic hydroxyl groups excluding tert-OH is 1. The van der Waals surface area contributed by atoms with Crippen LogP contribution in [0.15, 0.2) is 30.3 Å². The largest absolute Gasteiger partial charge is 0.417 e. The minimum Gasteiger partial charge on any atom is -0.417 e. The molecule has 1 aromatic carbocycles. The average Bonchev–Trinajstić information content (AvgIpc) is 2.46. The van der Waals surface area contributed by atoms with Gasteiger partial charge in [-0.05, 0) is 36.0 Å². The van der Waals surface area contributed by atoms with Gasteiger partial charge in [0.15, 0.2) is 8.32 Å². The molecule has 3 nitrogen and oxygen atoms in total. The summed E-state index contributed by atoms with van der Waals surface area (Å²) in [6, 6.07) is 10.0. The van der Waals surface area contributed by atoms with Crippen LogP contribution in [0.5, 0.6) is 0 Å². The van der Waals surface area contributed by atoms with Crippen molar-refractivity contribution in [2.24, 2.45) is 5.92 Å². The number of benzene rings is 1. The Kier molecular flexibility index (Phi) is 7.94. The van der Waals surface area contributed by atoms with Crippen molar-refractivity contribution >= 4 is 8.32 Å².